The molecule has 2 aromatic heterocycles. The Morgan fingerprint density at radius 2 is 1.97 bits per heavy atom. The summed E-state index contributed by atoms with van der Waals surface area (Å²) in [7, 11) is 0. The second-order valence-electron chi connectivity index (χ2n) is 8.32. The minimum atomic E-state index is -0.750. The number of hydrogen-bond donors (Lipinski definition) is 4. The number of carbonyl (C=O) groups excluding carboxylic acids is 4. The molecule has 5 N–H and O–H groups in total. The Kier molecular flexibility index (Phi) is 5.37. The summed E-state index contributed by atoms with van der Waals surface area (Å²) < 4.78 is 0. The lowest BCUT2D eigenvalue weighted by atomic mass is 9.95. The molecule has 3 aromatic rings. The number of hydrogen-bond acceptors (Lipinski definition) is 5. The number of carbonyl (C=O) groups is 4. The van der Waals surface area contributed by atoms with Gasteiger partial charge in [-0.05, 0) is 42.9 Å². The van der Waals surface area contributed by atoms with Crippen molar-refractivity contribution in [3.8, 4) is 0 Å². The minimum absolute atomic E-state index is 0.316. The van der Waals surface area contributed by atoms with Crippen molar-refractivity contribution >= 4 is 51.0 Å². The second kappa shape index (κ2) is 8.36. The highest BCUT2D eigenvalue weighted by Gasteiger charge is 2.39. The van der Waals surface area contributed by atoms with Crippen molar-refractivity contribution in [1.29, 1.82) is 0 Å². The fourth-order valence-electron chi connectivity index (χ4n) is 4.61. The van der Waals surface area contributed by atoms with Crippen LogP contribution in [-0.2, 0) is 28.9 Å². The molecular weight excluding hydrogens is 442 g/mol. The maximum atomic E-state index is 12.9. The lowest BCUT2D eigenvalue weighted by molar-refractivity contribution is -0.130. The fraction of sp³-hybridized carbons (Fsp3) is 0.304. The van der Waals surface area contributed by atoms with E-state index in [0.29, 0.717) is 17.0 Å². The Morgan fingerprint density at radius 3 is 2.79 bits per heavy atom. The fourth-order valence-corrected chi connectivity index (χ4v) is 5.92. The van der Waals surface area contributed by atoms with Gasteiger partial charge in [0.2, 0.25) is 5.91 Å². The number of amides is 5. The summed E-state index contributed by atoms with van der Waals surface area (Å²) >= 11 is 1.34. The topological polar surface area (TPSA) is 137 Å². The Morgan fingerprint density at radius 1 is 1.18 bits per heavy atom. The lowest BCUT2D eigenvalue weighted by Gasteiger charge is -2.13. The molecule has 3 heterocycles. The molecule has 2 aliphatic rings. The number of para-hydroxylation sites is 1. The van der Waals surface area contributed by atoms with Crippen LogP contribution in [0.3, 0.4) is 0 Å². The van der Waals surface area contributed by atoms with Crippen LogP contribution in [0.4, 0.5) is 9.80 Å². The van der Waals surface area contributed by atoms with Gasteiger partial charge in [0.25, 0.3) is 11.8 Å². The zero-order chi connectivity index (χ0) is 23.1. The number of nitrogens with two attached hydrogens (primary N) is 1. The molecule has 33 heavy (non-hydrogen) atoms. The van der Waals surface area contributed by atoms with Crippen LogP contribution in [0.15, 0.2) is 30.5 Å². The molecule has 0 saturated carbocycles. The highest BCUT2D eigenvalue weighted by atomic mass is 32.1. The number of nitrogens with one attached hydrogen (secondary N) is 3. The number of urea groups is 1. The monoisotopic (exact) mass is 465 g/mol. The zero-order valence-corrected chi connectivity index (χ0v) is 18.6. The molecular formula is C23H23N5O4S. The van der Waals surface area contributed by atoms with Crippen molar-refractivity contribution in [2.45, 2.75) is 38.1 Å². The number of H-pyrrole nitrogens is 1. The van der Waals surface area contributed by atoms with E-state index in [0.717, 1.165) is 57.5 Å². The Labute approximate surface area is 193 Å². The Bertz CT molecular complexity index is 1290. The molecule has 10 heteroatoms. The van der Waals surface area contributed by atoms with Crippen LogP contribution in [0, 0.1) is 0 Å². The summed E-state index contributed by atoms with van der Waals surface area (Å²) in [6, 6.07) is 6.35. The van der Waals surface area contributed by atoms with Crippen molar-refractivity contribution in [2.24, 2.45) is 5.73 Å². The first-order chi connectivity index (χ1) is 15.9. The summed E-state index contributed by atoms with van der Waals surface area (Å²) in [5.74, 6) is -1.59. The van der Waals surface area contributed by atoms with Crippen LogP contribution >= 0.6 is 11.3 Å². The van der Waals surface area contributed by atoms with Crippen molar-refractivity contribution in [3.63, 3.8) is 0 Å². The average molecular weight is 466 g/mol. The van der Waals surface area contributed by atoms with Crippen molar-refractivity contribution in [3.05, 3.63) is 52.0 Å². The summed E-state index contributed by atoms with van der Waals surface area (Å²) in [5, 5.41) is 6.74. The summed E-state index contributed by atoms with van der Waals surface area (Å²) in [5.41, 5.74) is 8.68. The maximum absolute atomic E-state index is 12.9. The normalized spacial score (nSPS) is 17.8. The number of rotatable bonds is 6. The first kappa shape index (κ1) is 21.2. The average Bonchev–Trinajstić information content (AvgIpc) is 3.44. The standard InChI is InChI=1S/C23H23N5O4S/c24-20(30)19-14-6-2-4-8-17(14)33-21(19)27-18(29)11-28-22(31)16(26-23(28)32)9-12-10-25-15-7-3-1-5-13(12)15/h1,3,5,7,10,16,25H,2,4,6,8-9,11H2,(H2,24,30)(H,26,32)(H,27,29). The van der Waals surface area contributed by atoms with Gasteiger partial charge in [0.15, 0.2) is 0 Å². The van der Waals surface area contributed by atoms with E-state index >= 15 is 0 Å². The largest absolute Gasteiger partial charge is 0.365 e. The molecule has 1 aliphatic heterocycles. The summed E-state index contributed by atoms with van der Waals surface area (Å²) in [6.45, 7) is -0.435. The SMILES string of the molecule is NC(=O)c1c(NC(=O)CN2C(=O)NC(Cc3c[nH]c4ccccc34)C2=O)sc2c1CCCC2. The number of primary amides is 1. The van der Waals surface area contributed by atoms with Gasteiger partial charge in [0.05, 0.1) is 5.56 Å². The number of nitrogens with zero attached hydrogens (tertiary/aromatic N) is 1. The second-order valence-corrected chi connectivity index (χ2v) is 9.42. The van der Waals surface area contributed by atoms with Crippen LogP contribution in [0.25, 0.3) is 10.9 Å². The number of imide groups is 1. The number of aryl methyl sites for hydroxylation is 1. The predicted molar refractivity (Wildman–Crippen MR) is 124 cm³/mol. The molecule has 9 nitrogen and oxygen atoms in total. The van der Waals surface area contributed by atoms with Crippen LogP contribution < -0.4 is 16.4 Å². The quantitative estimate of drug-likeness (QED) is 0.415. The third-order valence-corrected chi connectivity index (χ3v) is 7.39. The molecule has 1 aliphatic carbocycles. The van der Waals surface area contributed by atoms with Gasteiger partial charge in [-0.1, -0.05) is 18.2 Å². The van der Waals surface area contributed by atoms with Crippen LogP contribution in [0.2, 0.25) is 0 Å². The molecule has 170 valence electrons. The highest BCUT2D eigenvalue weighted by molar-refractivity contribution is 7.17. The van der Waals surface area contributed by atoms with E-state index in [9.17, 15) is 19.2 Å². The van der Waals surface area contributed by atoms with Gasteiger partial charge < -0.3 is 21.4 Å². The molecule has 0 bridgehead atoms. The van der Waals surface area contributed by atoms with E-state index < -0.39 is 36.3 Å². The number of aromatic amines is 1. The number of fused-ring (bicyclic) bond motifs is 2. The van der Waals surface area contributed by atoms with E-state index in [2.05, 4.69) is 15.6 Å². The molecule has 0 radical (unpaired) electrons. The molecule has 5 amide bonds. The molecule has 1 atom stereocenters. The van der Waals surface area contributed by atoms with Gasteiger partial charge in [-0.3, -0.25) is 19.3 Å². The first-order valence-electron chi connectivity index (χ1n) is 10.8. The van der Waals surface area contributed by atoms with Gasteiger partial charge >= 0.3 is 6.03 Å². The lowest BCUT2D eigenvalue weighted by Crippen LogP contribution is -2.38. The van der Waals surface area contributed by atoms with Gasteiger partial charge in [-0.15, -0.1) is 11.3 Å². The smallest absolute Gasteiger partial charge is 0.325 e. The number of aromatic nitrogens is 1. The van der Waals surface area contributed by atoms with Gasteiger partial charge in [0, 0.05) is 28.4 Å². The molecule has 0 spiro atoms. The third kappa shape index (κ3) is 3.86. The van der Waals surface area contributed by atoms with E-state index in [-0.39, 0.29) is 0 Å². The van der Waals surface area contributed by atoms with Crippen LogP contribution in [0.1, 0.15) is 39.2 Å². The number of benzene rings is 1. The summed E-state index contributed by atoms with van der Waals surface area (Å²) in [6.07, 6.45) is 5.73. The van der Waals surface area contributed by atoms with Crippen LogP contribution in [-0.4, -0.2) is 46.2 Å². The van der Waals surface area contributed by atoms with Gasteiger partial charge in [-0.2, -0.15) is 0 Å². The first-order valence-corrected chi connectivity index (χ1v) is 11.6. The third-order valence-electron chi connectivity index (χ3n) is 6.18. The van der Waals surface area contributed by atoms with Crippen molar-refractivity contribution < 1.29 is 19.2 Å². The Hall–Kier alpha value is -3.66. The van der Waals surface area contributed by atoms with Gasteiger partial charge in [-0.25, -0.2) is 4.79 Å². The number of anilines is 1. The predicted octanol–water partition coefficient (Wildman–Crippen LogP) is 2.31. The molecule has 1 fully saturated rings. The molecule has 1 aromatic carbocycles. The molecule has 5 rings (SSSR count). The zero-order valence-electron chi connectivity index (χ0n) is 17.8. The van der Waals surface area contributed by atoms with Crippen molar-refractivity contribution in [2.75, 3.05) is 11.9 Å². The van der Waals surface area contributed by atoms with E-state index in [1.54, 1.807) is 0 Å². The van der Waals surface area contributed by atoms with E-state index in [4.69, 9.17) is 5.73 Å². The summed E-state index contributed by atoms with van der Waals surface area (Å²) in [4.78, 5) is 55.2. The van der Waals surface area contributed by atoms with E-state index in [1.807, 2.05) is 30.5 Å². The Balaban J connectivity index is 1.28. The van der Waals surface area contributed by atoms with E-state index in [1.165, 1.54) is 11.3 Å². The molecule has 1 saturated heterocycles. The minimum Gasteiger partial charge on any atom is -0.365 e. The maximum Gasteiger partial charge on any atom is 0.325 e. The van der Waals surface area contributed by atoms with Gasteiger partial charge in [0.1, 0.15) is 17.6 Å². The van der Waals surface area contributed by atoms with Crippen molar-refractivity contribution in [1.82, 2.24) is 15.2 Å². The highest BCUT2D eigenvalue weighted by Crippen LogP contribution is 2.37. The van der Waals surface area contributed by atoms with Crippen LogP contribution in [0.5, 0.6) is 0 Å². The molecule has 1 unspecified atom stereocenters. The number of thiophene rings is 1.